The summed E-state index contributed by atoms with van der Waals surface area (Å²) in [5.41, 5.74) is -1.41. The SMILES string of the molecule is CCOC(=O)c1cn(C2CCCC2)c2cc(F)c(F)c(F)c2c1=O. The minimum atomic E-state index is -1.72. The lowest BCUT2D eigenvalue weighted by Gasteiger charge is -2.19. The van der Waals surface area contributed by atoms with Crippen molar-refractivity contribution in [3.05, 3.63) is 45.5 Å². The normalized spacial score (nSPS) is 15.2. The Morgan fingerprint density at radius 1 is 1.25 bits per heavy atom. The van der Waals surface area contributed by atoms with Gasteiger partial charge in [0.2, 0.25) is 5.43 Å². The molecule has 0 amide bonds. The van der Waals surface area contributed by atoms with Crippen LogP contribution in [0.2, 0.25) is 0 Å². The Labute approximate surface area is 135 Å². The van der Waals surface area contributed by atoms with Crippen LogP contribution in [-0.4, -0.2) is 17.1 Å². The number of hydrogen-bond acceptors (Lipinski definition) is 3. The molecule has 7 heteroatoms. The molecular weight excluding hydrogens is 323 g/mol. The minimum Gasteiger partial charge on any atom is -0.462 e. The summed E-state index contributed by atoms with van der Waals surface area (Å²) < 4.78 is 47.8. The molecule has 0 N–H and O–H groups in total. The van der Waals surface area contributed by atoms with Gasteiger partial charge in [-0.15, -0.1) is 0 Å². The molecule has 0 saturated heterocycles. The van der Waals surface area contributed by atoms with Gasteiger partial charge in [0.05, 0.1) is 17.5 Å². The lowest BCUT2D eigenvalue weighted by atomic mass is 10.1. The molecule has 2 aromatic rings. The average Bonchev–Trinajstić information content (AvgIpc) is 3.07. The molecule has 1 saturated carbocycles. The van der Waals surface area contributed by atoms with E-state index in [1.54, 1.807) is 6.92 Å². The van der Waals surface area contributed by atoms with Crippen LogP contribution in [0.5, 0.6) is 0 Å². The van der Waals surface area contributed by atoms with Crippen molar-refractivity contribution in [1.82, 2.24) is 4.57 Å². The van der Waals surface area contributed by atoms with Gasteiger partial charge in [-0.2, -0.15) is 0 Å². The molecular formula is C17H16F3NO3. The summed E-state index contributed by atoms with van der Waals surface area (Å²) in [6, 6.07) is 0.702. The highest BCUT2D eigenvalue weighted by atomic mass is 19.2. The molecule has 3 rings (SSSR count). The van der Waals surface area contributed by atoms with Crippen LogP contribution in [0.3, 0.4) is 0 Å². The number of benzene rings is 1. The molecule has 1 aliphatic carbocycles. The molecule has 1 aromatic heterocycles. The predicted molar refractivity (Wildman–Crippen MR) is 81.5 cm³/mol. The van der Waals surface area contributed by atoms with Crippen molar-refractivity contribution >= 4 is 16.9 Å². The number of nitrogens with zero attached hydrogens (tertiary/aromatic N) is 1. The summed E-state index contributed by atoms with van der Waals surface area (Å²) >= 11 is 0. The Morgan fingerprint density at radius 2 is 1.92 bits per heavy atom. The highest BCUT2D eigenvalue weighted by molar-refractivity contribution is 5.94. The molecule has 0 atom stereocenters. The second-order valence-electron chi connectivity index (χ2n) is 5.82. The number of pyridine rings is 1. The summed E-state index contributed by atoms with van der Waals surface area (Å²) in [6.45, 7) is 1.62. The van der Waals surface area contributed by atoms with Crippen LogP contribution in [0.25, 0.3) is 10.9 Å². The predicted octanol–water partition coefficient (Wildman–Crippen LogP) is 3.71. The van der Waals surface area contributed by atoms with Gasteiger partial charge in [-0.05, 0) is 19.8 Å². The van der Waals surface area contributed by atoms with Crippen LogP contribution in [0.1, 0.15) is 49.0 Å². The Bertz CT molecular complexity index is 870. The summed E-state index contributed by atoms with van der Waals surface area (Å²) in [6.07, 6.45) is 4.63. The van der Waals surface area contributed by atoms with Crippen molar-refractivity contribution in [2.75, 3.05) is 6.61 Å². The van der Waals surface area contributed by atoms with Crippen LogP contribution in [0.4, 0.5) is 13.2 Å². The van der Waals surface area contributed by atoms with Gasteiger partial charge >= 0.3 is 5.97 Å². The molecule has 24 heavy (non-hydrogen) atoms. The molecule has 0 bridgehead atoms. The number of fused-ring (bicyclic) bond motifs is 1. The van der Waals surface area contributed by atoms with Gasteiger partial charge in [-0.3, -0.25) is 4.79 Å². The van der Waals surface area contributed by atoms with Crippen molar-refractivity contribution in [3.63, 3.8) is 0 Å². The fourth-order valence-electron chi connectivity index (χ4n) is 3.24. The number of ether oxygens (including phenoxy) is 1. The number of halogens is 3. The third kappa shape index (κ3) is 2.57. The Hall–Kier alpha value is -2.31. The van der Waals surface area contributed by atoms with Crippen molar-refractivity contribution in [2.45, 2.75) is 38.6 Å². The van der Waals surface area contributed by atoms with E-state index in [9.17, 15) is 22.8 Å². The molecule has 0 aliphatic heterocycles. The smallest absolute Gasteiger partial charge is 0.343 e. The fraction of sp³-hybridized carbons (Fsp3) is 0.412. The van der Waals surface area contributed by atoms with Gasteiger partial charge < -0.3 is 9.30 Å². The second kappa shape index (κ2) is 6.30. The van der Waals surface area contributed by atoms with E-state index in [0.717, 1.165) is 31.7 Å². The van der Waals surface area contributed by atoms with Crippen LogP contribution >= 0.6 is 0 Å². The maximum atomic E-state index is 14.2. The van der Waals surface area contributed by atoms with Gasteiger partial charge in [0, 0.05) is 18.3 Å². The van der Waals surface area contributed by atoms with Crippen LogP contribution < -0.4 is 5.43 Å². The topological polar surface area (TPSA) is 48.3 Å². The first-order chi connectivity index (χ1) is 11.5. The van der Waals surface area contributed by atoms with E-state index in [2.05, 4.69) is 0 Å². The maximum Gasteiger partial charge on any atom is 0.343 e. The lowest BCUT2D eigenvalue weighted by Crippen LogP contribution is -2.23. The van der Waals surface area contributed by atoms with E-state index in [1.165, 1.54) is 10.8 Å². The van der Waals surface area contributed by atoms with Gasteiger partial charge in [0.15, 0.2) is 17.5 Å². The van der Waals surface area contributed by atoms with E-state index in [1.807, 2.05) is 0 Å². The summed E-state index contributed by atoms with van der Waals surface area (Å²) in [5, 5.41) is -0.619. The van der Waals surface area contributed by atoms with Crippen molar-refractivity contribution in [1.29, 1.82) is 0 Å². The standard InChI is InChI=1S/C17H16F3NO3/c1-2-24-17(23)10-8-21(9-5-3-4-6-9)12-7-11(18)14(19)15(20)13(12)16(10)22/h7-9H,2-6H2,1H3. The number of esters is 1. The van der Waals surface area contributed by atoms with Gasteiger partial charge in [-0.1, -0.05) is 12.8 Å². The fourth-order valence-corrected chi connectivity index (χ4v) is 3.24. The van der Waals surface area contributed by atoms with Gasteiger partial charge in [0.25, 0.3) is 0 Å². The third-order valence-electron chi connectivity index (χ3n) is 4.37. The maximum absolute atomic E-state index is 14.2. The zero-order valence-corrected chi connectivity index (χ0v) is 13.1. The third-order valence-corrected chi connectivity index (χ3v) is 4.37. The molecule has 0 radical (unpaired) electrons. The molecule has 0 spiro atoms. The Kier molecular flexibility index (Phi) is 4.34. The largest absolute Gasteiger partial charge is 0.462 e. The number of rotatable bonds is 3. The molecule has 1 heterocycles. The molecule has 4 nitrogen and oxygen atoms in total. The van der Waals surface area contributed by atoms with E-state index >= 15 is 0 Å². The molecule has 1 aliphatic rings. The molecule has 1 aromatic carbocycles. The van der Waals surface area contributed by atoms with Crippen LogP contribution in [0.15, 0.2) is 17.1 Å². The van der Waals surface area contributed by atoms with Crippen molar-refractivity contribution in [3.8, 4) is 0 Å². The summed E-state index contributed by atoms with van der Waals surface area (Å²) in [5.74, 6) is -5.57. The number of aromatic nitrogens is 1. The number of hydrogen-bond donors (Lipinski definition) is 0. The highest BCUT2D eigenvalue weighted by Crippen LogP contribution is 2.33. The molecule has 128 valence electrons. The van der Waals surface area contributed by atoms with Crippen LogP contribution in [0, 0.1) is 17.5 Å². The van der Waals surface area contributed by atoms with E-state index in [-0.39, 0.29) is 23.7 Å². The first kappa shape index (κ1) is 16.5. The van der Waals surface area contributed by atoms with E-state index < -0.39 is 34.2 Å². The van der Waals surface area contributed by atoms with Gasteiger partial charge in [0.1, 0.15) is 5.56 Å². The number of carbonyl (C=O) groups excluding carboxylic acids is 1. The molecule has 0 unspecified atom stereocenters. The first-order valence-electron chi connectivity index (χ1n) is 7.85. The quantitative estimate of drug-likeness (QED) is 0.633. The van der Waals surface area contributed by atoms with Crippen LogP contribution in [-0.2, 0) is 4.74 Å². The van der Waals surface area contributed by atoms with Crippen molar-refractivity contribution in [2.24, 2.45) is 0 Å². The Morgan fingerprint density at radius 3 is 2.54 bits per heavy atom. The first-order valence-corrected chi connectivity index (χ1v) is 7.85. The zero-order chi connectivity index (χ0) is 17.4. The monoisotopic (exact) mass is 339 g/mol. The average molecular weight is 339 g/mol. The van der Waals surface area contributed by atoms with Gasteiger partial charge in [-0.25, -0.2) is 18.0 Å². The van der Waals surface area contributed by atoms with E-state index in [0.29, 0.717) is 0 Å². The second-order valence-corrected chi connectivity index (χ2v) is 5.82. The lowest BCUT2D eigenvalue weighted by molar-refractivity contribution is 0.0524. The summed E-state index contributed by atoms with van der Waals surface area (Å²) in [4.78, 5) is 24.5. The van der Waals surface area contributed by atoms with Crippen molar-refractivity contribution < 1.29 is 22.7 Å². The minimum absolute atomic E-state index is 0.0417. The number of carbonyl (C=O) groups is 1. The summed E-state index contributed by atoms with van der Waals surface area (Å²) in [7, 11) is 0. The van der Waals surface area contributed by atoms with E-state index in [4.69, 9.17) is 4.74 Å². The highest BCUT2D eigenvalue weighted by Gasteiger charge is 2.26. The zero-order valence-electron chi connectivity index (χ0n) is 13.1. The Balaban J connectivity index is 2.37. The molecule has 1 fully saturated rings.